The molecule has 0 saturated carbocycles. The van der Waals surface area contributed by atoms with E-state index >= 15 is 0 Å². The minimum Gasteiger partial charge on any atom is -0.354 e. The first kappa shape index (κ1) is 13.4. The van der Waals surface area contributed by atoms with Crippen LogP contribution >= 0.6 is 0 Å². The van der Waals surface area contributed by atoms with Crippen LogP contribution in [0.3, 0.4) is 0 Å². The Kier molecular flexibility index (Phi) is 3.63. The van der Waals surface area contributed by atoms with E-state index in [1.165, 1.54) is 0 Å². The molecule has 110 valence electrons. The van der Waals surface area contributed by atoms with Crippen molar-refractivity contribution in [1.29, 1.82) is 0 Å². The van der Waals surface area contributed by atoms with E-state index in [1.807, 2.05) is 4.90 Å². The molecule has 3 atom stereocenters. The first-order valence-electron chi connectivity index (χ1n) is 7.53. The number of hydrogen-bond acceptors (Lipinski definition) is 3. The fourth-order valence-electron chi connectivity index (χ4n) is 3.58. The summed E-state index contributed by atoms with van der Waals surface area (Å²) in [6, 6.07) is -0.296. The average Bonchev–Trinajstić information content (AvgIpc) is 2.57. The molecule has 3 amide bonds. The molecule has 2 N–H and O–H groups in total. The van der Waals surface area contributed by atoms with Crippen LogP contribution < -0.4 is 10.6 Å². The third-order valence-electron chi connectivity index (χ3n) is 4.61. The second-order valence-electron chi connectivity index (χ2n) is 6.00. The van der Waals surface area contributed by atoms with E-state index in [9.17, 15) is 14.4 Å². The van der Waals surface area contributed by atoms with Gasteiger partial charge in [0.05, 0.1) is 0 Å². The summed E-state index contributed by atoms with van der Waals surface area (Å²) in [7, 11) is 0. The molecule has 6 nitrogen and oxygen atoms in total. The number of rotatable bonds is 1. The minimum atomic E-state index is -0.402. The van der Waals surface area contributed by atoms with Crippen molar-refractivity contribution in [2.45, 2.75) is 63.1 Å². The molecule has 3 saturated heterocycles. The highest BCUT2D eigenvalue weighted by Gasteiger charge is 2.42. The lowest BCUT2D eigenvalue weighted by Crippen LogP contribution is -2.52. The zero-order valence-corrected chi connectivity index (χ0v) is 11.6. The Bertz CT molecular complexity index is 437. The van der Waals surface area contributed by atoms with Crippen molar-refractivity contribution in [2.24, 2.45) is 0 Å². The molecule has 0 aromatic rings. The zero-order valence-electron chi connectivity index (χ0n) is 11.6. The maximum absolute atomic E-state index is 12.7. The average molecular weight is 279 g/mol. The monoisotopic (exact) mass is 279 g/mol. The third-order valence-corrected chi connectivity index (χ3v) is 4.61. The van der Waals surface area contributed by atoms with Crippen LogP contribution in [0, 0.1) is 0 Å². The van der Waals surface area contributed by atoms with Crippen molar-refractivity contribution in [3.8, 4) is 0 Å². The summed E-state index contributed by atoms with van der Waals surface area (Å²) in [5.41, 5.74) is 0. The molecule has 6 heteroatoms. The quantitative estimate of drug-likeness (QED) is 0.705. The highest BCUT2D eigenvalue weighted by atomic mass is 16.2. The van der Waals surface area contributed by atoms with Gasteiger partial charge in [-0.2, -0.15) is 0 Å². The molecule has 3 rings (SSSR count). The van der Waals surface area contributed by atoms with Gasteiger partial charge in [-0.25, -0.2) is 0 Å². The summed E-state index contributed by atoms with van der Waals surface area (Å²) in [5, 5.41) is 5.71. The van der Waals surface area contributed by atoms with E-state index in [0.29, 0.717) is 25.8 Å². The van der Waals surface area contributed by atoms with Crippen molar-refractivity contribution in [1.82, 2.24) is 15.5 Å². The van der Waals surface area contributed by atoms with Crippen LogP contribution in [-0.4, -0.2) is 47.3 Å². The summed E-state index contributed by atoms with van der Waals surface area (Å²) in [6.45, 7) is 0.543. The fourth-order valence-corrected chi connectivity index (χ4v) is 3.58. The van der Waals surface area contributed by atoms with Gasteiger partial charge in [-0.15, -0.1) is 0 Å². The van der Waals surface area contributed by atoms with Gasteiger partial charge >= 0.3 is 0 Å². The highest BCUT2D eigenvalue weighted by molar-refractivity contribution is 5.89. The number of carbonyl (C=O) groups excluding carboxylic acids is 3. The molecule has 3 fully saturated rings. The van der Waals surface area contributed by atoms with Gasteiger partial charge < -0.3 is 15.5 Å². The molecule has 0 aliphatic carbocycles. The summed E-state index contributed by atoms with van der Waals surface area (Å²) in [5.74, 6) is 0.00127. The van der Waals surface area contributed by atoms with Crippen LogP contribution in [0.2, 0.25) is 0 Å². The first-order valence-corrected chi connectivity index (χ1v) is 7.53. The van der Waals surface area contributed by atoms with Gasteiger partial charge in [-0.1, -0.05) is 6.42 Å². The van der Waals surface area contributed by atoms with Gasteiger partial charge in [0.1, 0.15) is 6.04 Å². The number of nitrogens with zero attached hydrogens (tertiary/aromatic N) is 1. The number of amides is 3. The van der Waals surface area contributed by atoms with Gasteiger partial charge in [0, 0.05) is 31.5 Å². The van der Waals surface area contributed by atoms with Gasteiger partial charge in [0.2, 0.25) is 17.7 Å². The lowest BCUT2D eigenvalue weighted by Gasteiger charge is -2.31. The Morgan fingerprint density at radius 1 is 1.05 bits per heavy atom. The van der Waals surface area contributed by atoms with Crippen molar-refractivity contribution < 1.29 is 14.4 Å². The molecular formula is C14H21N3O3. The molecule has 3 aliphatic heterocycles. The normalized spacial score (nSPS) is 34.0. The maximum atomic E-state index is 12.7. The van der Waals surface area contributed by atoms with E-state index in [-0.39, 0.29) is 29.8 Å². The van der Waals surface area contributed by atoms with Crippen LogP contribution in [0.25, 0.3) is 0 Å². The summed E-state index contributed by atoms with van der Waals surface area (Å²) in [4.78, 5) is 37.8. The van der Waals surface area contributed by atoms with E-state index < -0.39 is 6.04 Å². The molecule has 0 aromatic heterocycles. The minimum absolute atomic E-state index is 0.00394. The van der Waals surface area contributed by atoms with Gasteiger partial charge in [-0.3, -0.25) is 14.4 Å². The number of fused-ring (bicyclic) bond motifs is 2. The van der Waals surface area contributed by atoms with E-state index in [2.05, 4.69) is 10.6 Å². The lowest BCUT2D eigenvalue weighted by atomic mass is 10.1. The van der Waals surface area contributed by atoms with Gasteiger partial charge in [0.25, 0.3) is 0 Å². The van der Waals surface area contributed by atoms with Crippen LogP contribution in [0.4, 0.5) is 0 Å². The SMILES string of the molecule is O=C1CC2CCC(CN1)N2C(=O)C1CCCCC(=O)N1. The summed E-state index contributed by atoms with van der Waals surface area (Å²) >= 11 is 0. The maximum Gasteiger partial charge on any atom is 0.245 e. The first-order chi connectivity index (χ1) is 9.65. The molecule has 0 radical (unpaired) electrons. The van der Waals surface area contributed by atoms with Crippen molar-refractivity contribution in [2.75, 3.05) is 6.54 Å². The van der Waals surface area contributed by atoms with Gasteiger partial charge in [0.15, 0.2) is 0 Å². The highest BCUT2D eigenvalue weighted by Crippen LogP contribution is 2.29. The summed E-state index contributed by atoms with van der Waals surface area (Å²) in [6.07, 6.45) is 5.20. The Morgan fingerprint density at radius 3 is 2.70 bits per heavy atom. The fraction of sp³-hybridized carbons (Fsp3) is 0.786. The standard InChI is InChI=1S/C14H21N3O3/c18-12-4-2-1-3-11(16-12)14(20)17-9-5-6-10(17)8-15-13(19)7-9/h9-11H,1-8H2,(H,15,19)(H,16,18). The Balaban J connectivity index is 1.75. The van der Waals surface area contributed by atoms with E-state index in [4.69, 9.17) is 0 Å². The number of hydrogen-bond donors (Lipinski definition) is 2. The van der Waals surface area contributed by atoms with Crippen LogP contribution in [0.1, 0.15) is 44.9 Å². The summed E-state index contributed by atoms with van der Waals surface area (Å²) < 4.78 is 0. The zero-order chi connectivity index (χ0) is 14.1. The molecular weight excluding hydrogens is 258 g/mol. The molecule has 0 spiro atoms. The topological polar surface area (TPSA) is 78.5 Å². The van der Waals surface area contributed by atoms with Crippen LogP contribution in [0.5, 0.6) is 0 Å². The second-order valence-corrected chi connectivity index (χ2v) is 6.00. The Hall–Kier alpha value is -1.59. The van der Waals surface area contributed by atoms with Crippen LogP contribution in [-0.2, 0) is 14.4 Å². The van der Waals surface area contributed by atoms with Gasteiger partial charge in [-0.05, 0) is 25.7 Å². The smallest absolute Gasteiger partial charge is 0.245 e. The predicted octanol–water partition coefficient (Wildman–Crippen LogP) is -0.0753. The van der Waals surface area contributed by atoms with Crippen molar-refractivity contribution >= 4 is 17.7 Å². The van der Waals surface area contributed by atoms with Crippen molar-refractivity contribution in [3.63, 3.8) is 0 Å². The lowest BCUT2D eigenvalue weighted by molar-refractivity contribution is -0.138. The van der Waals surface area contributed by atoms with Crippen molar-refractivity contribution in [3.05, 3.63) is 0 Å². The molecule has 3 unspecified atom stereocenters. The van der Waals surface area contributed by atoms with Crippen LogP contribution in [0.15, 0.2) is 0 Å². The second kappa shape index (κ2) is 5.42. The molecule has 3 heterocycles. The third kappa shape index (κ3) is 2.51. The largest absolute Gasteiger partial charge is 0.354 e. The Labute approximate surface area is 118 Å². The number of carbonyl (C=O) groups is 3. The molecule has 20 heavy (non-hydrogen) atoms. The van der Waals surface area contributed by atoms with E-state index in [1.54, 1.807) is 0 Å². The number of nitrogens with one attached hydrogen (secondary N) is 2. The Morgan fingerprint density at radius 2 is 1.85 bits per heavy atom. The molecule has 3 aliphatic rings. The predicted molar refractivity (Wildman–Crippen MR) is 71.7 cm³/mol. The van der Waals surface area contributed by atoms with E-state index in [0.717, 1.165) is 25.7 Å². The molecule has 0 aromatic carbocycles. The molecule has 2 bridgehead atoms.